The Labute approximate surface area is 145 Å². The summed E-state index contributed by atoms with van der Waals surface area (Å²) in [5.74, 6) is -1.12. The summed E-state index contributed by atoms with van der Waals surface area (Å²) < 4.78 is 14.4. The molecule has 8 heteroatoms. The van der Waals surface area contributed by atoms with Crippen LogP contribution in [0.4, 0.5) is 16.0 Å². The van der Waals surface area contributed by atoms with Gasteiger partial charge in [-0.2, -0.15) is 0 Å². The van der Waals surface area contributed by atoms with Gasteiger partial charge in [0.05, 0.1) is 11.3 Å². The molecule has 7 nitrogen and oxygen atoms in total. The van der Waals surface area contributed by atoms with E-state index >= 15 is 0 Å². The average Bonchev–Trinajstić information content (AvgIpc) is 3.34. The number of carbonyl (C=O) groups is 1. The Hall–Kier alpha value is -2.48. The molecular formula is C17H23FN6O. The van der Waals surface area contributed by atoms with Crippen molar-refractivity contribution in [2.45, 2.75) is 44.2 Å². The van der Waals surface area contributed by atoms with Gasteiger partial charge >= 0.3 is 0 Å². The number of anilines is 2. The summed E-state index contributed by atoms with van der Waals surface area (Å²) in [6.45, 7) is 2.71. The maximum atomic E-state index is 14.4. The fraction of sp³-hybridized carbons (Fsp3) is 0.471. The van der Waals surface area contributed by atoms with E-state index in [0.717, 1.165) is 31.7 Å². The van der Waals surface area contributed by atoms with Crippen LogP contribution in [0.2, 0.25) is 0 Å². The summed E-state index contributed by atoms with van der Waals surface area (Å²) in [5, 5.41) is 6.09. The molecule has 1 atom stereocenters. The second-order valence-corrected chi connectivity index (χ2v) is 6.53. The molecule has 25 heavy (non-hydrogen) atoms. The number of rotatable bonds is 7. The smallest absolute Gasteiger partial charge is 0.252 e. The van der Waals surface area contributed by atoms with E-state index in [0.29, 0.717) is 12.2 Å². The Balaban J connectivity index is 1.90. The van der Waals surface area contributed by atoms with Crippen molar-refractivity contribution < 1.29 is 9.18 Å². The first-order valence-corrected chi connectivity index (χ1v) is 8.45. The zero-order chi connectivity index (χ0) is 18.0. The number of hydrogen-bond acceptors (Lipinski definition) is 6. The maximum absolute atomic E-state index is 14.4. The summed E-state index contributed by atoms with van der Waals surface area (Å²) >= 11 is 0. The predicted octanol–water partition coefficient (Wildman–Crippen LogP) is 1.77. The van der Waals surface area contributed by atoms with Crippen molar-refractivity contribution >= 4 is 23.8 Å². The Bertz CT molecular complexity index is 741. The Kier molecular flexibility index (Phi) is 4.71. The minimum Gasteiger partial charge on any atom is -0.365 e. The lowest BCUT2D eigenvalue weighted by molar-refractivity contribution is 0.100. The monoisotopic (exact) mass is 346 g/mol. The number of nitrogens with zero attached hydrogens (tertiary/aromatic N) is 2. The fourth-order valence-corrected chi connectivity index (χ4v) is 2.91. The molecule has 0 saturated heterocycles. The van der Waals surface area contributed by atoms with Gasteiger partial charge in [-0.3, -0.25) is 9.79 Å². The van der Waals surface area contributed by atoms with Crippen LogP contribution in [0.1, 0.15) is 43.0 Å². The summed E-state index contributed by atoms with van der Waals surface area (Å²) in [6, 6.07) is 1.01. The predicted molar refractivity (Wildman–Crippen MR) is 96.2 cm³/mol. The molecule has 0 aromatic carbocycles. The highest BCUT2D eigenvalue weighted by Crippen LogP contribution is 2.38. The molecule has 0 radical (unpaired) electrons. The molecule has 6 N–H and O–H groups in total. The van der Waals surface area contributed by atoms with E-state index in [9.17, 15) is 9.18 Å². The molecule has 1 aliphatic heterocycles. The van der Waals surface area contributed by atoms with Gasteiger partial charge < -0.3 is 22.1 Å². The van der Waals surface area contributed by atoms with Gasteiger partial charge in [0, 0.05) is 24.3 Å². The van der Waals surface area contributed by atoms with Crippen LogP contribution in [0.3, 0.4) is 0 Å². The first kappa shape index (κ1) is 17.3. The Morgan fingerprint density at radius 1 is 1.44 bits per heavy atom. The summed E-state index contributed by atoms with van der Waals surface area (Å²) in [5.41, 5.74) is 12.0. The van der Waals surface area contributed by atoms with Gasteiger partial charge in [-0.25, -0.2) is 9.37 Å². The van der Waals surface area contributed by atoms with Gasteiger partial charge in [0.15, 0.2) is 11.6 Å². The second-order valence-electron chi connectivity index (χ2n) is 6.53. The molecule has 0 bridgehead atoms. The molecule has 2 heterocycles. The van der Waals surface area contributed by atoms with Crippen LogP contribution in [-0.2, 0) is 0 Å². The number of carbonyl (C=O) groups excluding carboxylic acids is 1. The van der Waals surface area contributed by atoms with Crippen molar-refractivity contribution in [3.63, 3.8) is 0 Å². The minimum absolute atomic E-state index is 0.00939. The van der Waals surface area contributed by atoms with Crippen molar-refractivity contribution in [2.75, 3.05) is 17.2 Å². The van der Waals surface area contributed by atoms with Crippen LogP contribution in [0.5, 0.6) is 0 Å². The quantitative estimate of drug-likeness (QED) is 0.600. The number of primary amides is 1. The van der Waals surface area contributed by atoms with Crippen LogP contribution < -0.4 is 22.1 Å². The lowest BCUT2D eigenvalue weighted by Gasteiger charge is -2.25. The SMILES string of the molecule is CC[C@H](Nc1nc(NC2=CCCN=C2)c(C(N)=O)cc1F)C1(N)CC1. The number of hydrogen-bond donors (Lipinski definition) is 4. The van der Waals surface area contributed by atoms with E-state index in [1.807, 2.05) is 13.0 Å². The second kappa shape index (κ2) is 6.79. The number of halogens is 1. The van der Waals surface area contributed by atoms with E-state index in [4.69, 9.17) is 11.5 Å². The summed E-state index contributed by atoms with van der Waals surface area (Å²) in [7, 11) is 0. The fourth-order valence-electron chi connectivity index (χ4n) is 2.91. The number of aromatic nitrogens is 1. The Morgan fingerprint density at radius 3 is 2.76 bits per heavy atom. The summed E-state index contributed by atoms with van der Waals surface area (Å²) in [4.78, 5) is 20.1. The van der Waals surface area contributed by atoms with E-state index in [2.05, 4.69) is 20.6 Å². The number of nitrogens with two attached hydrogens (primary N) is 2. The van der Waals surface area contributed by atoms with E-state index in [1.54, 1.807) is 6.21 Å². The molecule has 2 aliphatic rings. The number of aliphatic imine (C=N–C) groups is 1. The van der Waals surface area contributed by atoms with E-state index < -0.39 is 11.7 Å². The standard InChI is InChI=1S/C17H23FN6O/c1-2-13(17(20)5-6-17)23-16-12(18)8-11(14(19)25)15(24-16)22-10-4-3-7-21-9-10/h4,8-9,13H,2-3,5-7,20H2,1H3,(H2,19,25)(H2,22,23,24)/t13-/m0/s1. The third-order valence-corrected chi connectivity index (χ3v) is 4.60. The number of pyridine rings is 1. The number of allylic oxidation sites excluding steroid dienone is 1. The molecule has 3 rings (SSSR count). The summed E-state index contributed by atoms with van der Waals surface area (Å²) in [6.07, 6.45) is 6.91. The van der Waals surface area contributed by atoms with E-state index in [-0.39, 0.29) is 28.8 Å². The first-order valence-electron chi connectivity index (χ1n) is 8.45. The van der Waals surface area contributed by atoms with Crippen LogP contribution in [0.15, 0.2) is 22.8 Å². The van der Waals surface area contributed by atoms with Crippen molar-refractivity contribution in [1.29, 1.82) is 0 Å². The minimum atomic E-state index is -0.752. The van der Waals surface area contributed by atoms with Gasteiger partial charge in [-0.1, -0.05) is 13.0 Å². The zero-order valence-electron chi connectivity index (χ0n) is 14.2. The van der Waals surface area contributed by atoms with Crippen molar-refractivity contribution in [3.8, 4) is 0 Å². The molecule has 1 aromatic heterocycles. The van der Waals surface area contributed by atoms with Gasteiger partial charge in [0.1, 0.15) is 5.82 Å². The van der Waals surface area contributed by atoms with Crippen LogP contribution >= 0.6 is 0 Å². The zero-order valence-corrected chi connectivity index (χ0v) is 14.2. The highest BCUT2D eigenvalue weighted by molar-refractivity contribution is 5.99. The maximum Gasteiger partial charge on any atom is 0.252 e. The number of nitrogens with one attached hydrogen (secondary N) is 2. The lowest BCUT2D eigenvalue weighted by Crippen LogP contribution is -2.42. The van der Waals surface area contributed by atoms with Gasteiger partial charge in [-0.05, 0) is 31.7 Å². The molecule has 1 fully saturated rings. The van der Waals surface area contributed by atoms with Gasteiger partial charge in [0.2, 0.25) is 0 Å². The van der Waals surface area contributed by atoms with Crippen molar-refractivity contribution in [2.24, 2.45) is 16.5 Å². The first-order chi connectivity index (χ1) is 11.9. The van der Waals surface area contributed by atoms with Gasteiger partial charge in [0.25, 0.3) is 5.91 Å². The van der Waals surface area contributed by atoms with Crippen LogP contribution in [-0.4, -0.2) is 35.2 Å². The molecule has 0 spiro atoms. The largest absolute Gasteiger partial charge is 0.365 e. The lowest BCUT2D eigenvalue weighted by atomic mass is 10.0. The number of amides is 1. The van der Waals surface area contributed by atoms with Crippen LogP contribution in [0.25, 0.3) is 0 Å². The topological polar surface area (TPSA) is 118 Å². The molecule has 1 saturated carbocycles. The Morgan fingerprint density at radius 2 is 2.20 bits per heavy atom. The molecule has 1 aromatic rings. The molecule has 134 valence electrons. The van der Waals surface area contributed by atoms with Crippen LogP contribution in [0, 0.1) is 5.82 Å². The van der Waals surface area contributed by atoms with Crippen molar-refractivity contribution in [3.05, 3.63) is 29.2 Å². The molecule has 1 amide bonds. The highest BCUT2D eigenvalue weighted by Gasteiger charge is 2.45. The third kappa shape index (κ3) is 3.79. The number of dihydropyridines is 1. The van der Waals surface area contributed by atoms with E-state index in [1.165, 1.54) is 0 Å². The van der Waals surface area contributed by atoms with Crippen molar-refractivity contribution in [1.82, 2.24) is 4.98 Å². The average molecular weight is 346 g/mol. The molecule has 1 aliphatic carbocycles. The normalized spacial score (nSPS) is 19.1. The highest BCUT2D eigenvalue weighted by atomic mass is 19.1. The third-order valence-electron chi connectivity index (χ3n) is 4.60. The molecule has 0 unspecified atom stereocenters. The van der Waals surface area contributed by atoms with Gasteiger partial charge in [-0.15, -0.1) is 0 Å². The molecular weight excluding hydrogens is 323 g/mol.